The topological polar surface area (TPSA) is 75.5 Å². The van der Waals surface area contributed by atoms with E-state index in [4.69, 9.17) is 0 Å². The van der Waals surface area contributed by atoms with Crippen molar-refractivity contribution < 1.29 is 9.72 Å². The summed E-state index contributed by atoms with van der Waals surface area (Å²) in [7, 11) is 0. The monoisotopic (exact) mass is 327 g/mol. The van der Waals surface area contributed by atoms with Crippen molar-refractivity contribution in [2.24, 2.45) is 0 Å². The lowest BCUT2D eigenvalue weighted by Gasteiger charge is -2.32. The molecule has 0 aromatic heterocycles. The lowest BCUT2D eigenvalue weighted by molar-refractivity contribution is -0.385. The van der Waals surface area contributed by atoms with E-state index in [-0.39, 0.29) is 22.1 Å². The highest BCUT2D eigenvalue weighted by atomic mass is 79.9. The zero-order valence-corrected chi connectivity index (χ0v) is 12.0. The predicted octanol–water partition coefficient (Wildman–Crippen LogP) is 1.79. The molecule has 1 N–H and O–H groups in total. The highest BCUT2D eigenvalue weighted by Gasteiger charge is 2.26. The van der Waals surface area contributed by atoms with Gasteiger partial charge in [-0.05, 0) is 28.9 Å². The first-order valence-corrected chi connectivity index (χ1v) is 6.75. The molecule has 0 saturated carbocycles. The maximum atomic E-state index is 12.4. The summed E-state index contributed by atoms with van der Waals surface area (Å²) in [5.41, 5.74) is 0.248. The molecule has 0 aliphatic carbocycles. The van der Waals surface area contributed by atoms with Crippen LogP contribution < -0.4 is 5.32 Å². The Morgan fingerprint density at radius 2 is 2.32 bits per heavy atom. The molecular formula is C12H14BrN3O3. The van der Waals surface area contributed by atoms with Gasteiger partial charge in [0.15, 0.2) is 0 Å². The SMILES string of the molecule is C[C@H]1CN(C(=O)c2cccc([N+](=O)[O-])c2Br)CCN1. The van der Waals surface area contributed by atoms with Crippen molar-refractivity contribution in [1.82, 2.24) is 10.2 Å². The number of hydrogen-bond donors (Lipinski definition) is 1. The van der Waals surface area contributed by atoms with Crippen LogP contribution in [0.2, 0.25) is 0 Å². The number of nitro groups is 1. The van der Waals surface area contributed by atoms with Crippen LogP contribution in [0.4, 0.5) is 5.69 Å². The average Bonchev–Trinajstić information content (AvgIpc) is 2.38. The fraction of sp³-hybridized carbons (Fsp3) is 0.417. The Bertz CT molecular complexity index is 521. The summed E-state index contributed by atoms with van der Waals surface area (Å²) in [5, 5.41) is 14.1. The number of halogens is 1. The first-order chi connectivity index (χ1) is 9.00. The van der Waals surface area contributed by atoms with Gasteiger partial charge in [-0.2, -0.15) is 0 Å². The second-order valence-electron chi connectivity index (χ2n) is 4.50. The van der Waals surface area contributed by atoms with Crippen molar-refractivity contribution in [2.75, 3.05) is 19.6 Å². The molecule has 1 aromatic rings. The van der Waals surface area contributed by atoms with Crippen molar-refractivity contribution in [3.63, 3.8) is 0 Å². The highest BCUT2D eigenvalue weighted by molar-refractivity contribution is 9.10. The van der Waals surface area contributed by atoms with Crippen molar-refractivity contribution >= 4 is 27.5 Å². The smallest absolute Gasteiger partial charge is 0.284 e. The van der Waals surface area contributed by atoms with Crippen LogP contribution in [0.5, 0.6) is 0 Å². The van der Waals surface area contributed by atoms with Crippen LogP contribution in [0.15, 0.2) is 22.7 Å². The van der Waals surface area contributed by atoms with E-state index in [2.05, 4.69) is 21.2 Å². The van der Waals surface area contributed by atoms with Gasteiger partial charge in [0.05, 0.1) is 10.5 Å². The van der Waals surface area contributed by atoms with Crippen LogP contribution >= 0.6 is 15.9 Å². The molecule has 7 heteroatoms. The Morgan fingerprint density at radius 3 is 2.95 bits per heavy atom. The van der Waals surface area contributed by atoms with Crippen LogP contribution in [0.3, 0.4) is 0 Å². The maximum Gasteiger partial charge on any atom is 0.284 e. The average molecular weight is 328 g/mol. The van der Waals surface area contributed by atoms with Crippen LogP contribution in [0, 0.1) is 10.1 Å². The number of nitrogens with zero attached hydrogens (tertiary/aromatic N) is 2. The summed E-state index contributed by atoms with van der Waals surface area (Å²) in [6.07, 6.45) is 0. The van der Waals surface area contributed by atoms with Crippen LogP contribution in [-0.2, 0) is 0 Å². The number of benzene rings is 1. The van der Waals surface area contributed by atoms with Gasteiger partial charge in [-0.25, -0.2) is 0 Å². The van der Waals surface area contributed by atoms with Gasteiger partial charge in [0.25, 0.3) is 11.6 Å². The van der Waals surface area contributed by atoms with Crippen molar-refractivity contribution in [3.8, 4) is 0 Å². The number of carbonyl (C=O) groups is 1. The van der Waals surface area contributed by atoms with E-state index in [9.17, 15) is 14.9 Å². The van der Waals surface area contributed by atoms with Gasteiger partial charge < -0.3 is 10.2 Å². The van der Waals surface area contributed by atoms with Crippen LogP contribution in [0.25, 0.3) is 0 Å². The van der Waals surface area contributed by atoms with Gasteiger partial charge in [0.2, 0.25) is 0 Å². The second-order valence-corrected chi connectivity index (χ2v) is 5.30. The molecule has 2 rings (SSSR count). The van der Waals surface area contributed by atoms with E-state index in [1.54, 1.807) is 11.0 Å². The number of carbonyl (C=O) groups excluding carboxylic acids is 1. The number of rotatable bonds is 2. The Balaban J connectivity index is 2.28. The number of piperazine rings is 1. The zero-order chi connectivity index (χ0) is 14.0. The van der Waals surface area contributed by atoms with Crippen molar-refractivity contribution in [1.29, 1.82) is 0 Å². The van der Waals surface area contributed by atoms with Gasteiger partial charge in [-0.15, -0.1) is 0 Å². The largest absolute Gasteiger partial charge is 0.336 e. The highest BCUT2D eigenvalue weighted by Crippen LogP contribution is 2.29. The molecule has 19 heavy (non-hydrogen) atoms. The van der Waals surface area contributed by atoms with E-state index < -0.39 is 4.92 Å². The number of nitro benzene ring substituents is 1. The molecule has 0 unspecified atom stereocenters. The van der Waals surface area contributed by atoms with Gasteiger partial charge in [-0.1, -0.05) is 6.07 Å². The van der Waals surface area contributed by atoms with Gasteiger partial charge in [-0.3, -0.25) is 14.9 Å². The van der Waals surface area contributed by atoms with E-state index in [1.165, 1.54) is 12.1 Å². The molecule has 1 aliphatic rings. The first-order valence-electron chi connectivity index (χ1n) is 5.96. The third-order valence-electron chi connectivity index (χ3n) is 3.06. The Hall–Kier alpha value is -1.47. The molecular weight excluding hydrogens is 314 g/mol. The summed E-state index contributed by atoms with van der Waals surface area (Å²) in [6, 6.07) is 4.74. The van der Waals surface area contributed by atoms with Crippen molar-refractivity contribution in [3.05, 3.63) is 38.3 Å². The maximum absolute atomic E-state index is 12.4. The molecule has 1 fully saturated rings. The van der Waals surface area contributed by atoms with E-state index >= 15 is 0 Å². The van der Waals surface area contributed by atoms with Gasteiger partial charge in [0, 0.05) is 31.7 Å². The predicted molar refractivity (Wildman–Crippen MR) is 74.2 cm³/mol. The summed E-state index contributed by atoms with van der Waals surface area (Å²) >= 11 is 3.16. The molecule has 1 heterocycles. The number of nitrogens with one attached hydrogen (secondary N) is 1. The van der Waals surface area contributed by atoms with E-state index in [0.717, 1.165) is 6.54 Å². The minimum absolute atomic E-state index is 0.0889. The molecule has 1 saturated heterocycles. The molecule has 1 amide bonds. The minimum Gasteiger partial charge on any atom is -0.336 e. The normalized spacial score (nSPS) is 19.3. The van der Waals surface area contributed by atoms with Crippen LogP contribution in [-0.4, -0.2) is 41.4 Å². The number of amides is 1. The quantitative estimate of drug-likeness (QED) is 0.663. The van der Waals surface area contributed by atoms with Crippen LogP contribution in [0.1, 0.15) is 17.3 Å². The lowest BCUT2D eigenvalue weighted by Crippen LogP contribution is -2.51. The molecule has 0 radical (unpaired) electrons. The molecule has 6 nitrogen and oxygen atoms in total. The lowest BCUT2D eigenvalue weighted by atomic mass is 10.1. The Labute approximate surface area is 119 Å². The first kappa shape index (κ1) is 14.0. The molecule has 0 spiro atoms. The zero-order valence-electron chi connectivity index (χ0n) is 10.4. The van der Waals surface area contributed by atoms with Gasteiger partial charge >= 0.3 is 0 Å². The molecule has 1 atom stereocenters. The summed E-state index contributed by atoms with van der Waals surface area (Å²) in [5.74, 6) is -0.177. The third-order valence-corrected chi connectivity index (χ3v) is 3.89. The van der Waals surface area contributed by atoms with Gasteiger partial charge in [0.1, 0.15) is 4.47 Å². The fourth-order valence-corrected chi connectivity index (χ4v) is 2.69. The number of hydrogen-bond acceptors (Lipinski definition) is 4. The van der Waals surface area contributed by atoms with E-state index in [1.807, 2.05) is 6.92 Å². The molecule has 1 aromatic carbocycles. The Morgan fingerprint density at radius 1 is 1.58 bits per heavy atom. The summed E-state index contributed by atoms with van der Waals surface area (Å²) in [6.45, 7) is 3.95. The van der Waals surface area contributed by atoms with Crippen molar-refractivity contribution in [2.45, 2.75) is 13.0 Å². The molecule has 102 valence electrons. The van der Waals surface area contributed by atoms with E-state index in [0.29, 0.717) is 18.7 Å². The summed E-state index contributed by atoms with van der Waals surface area (Å²) in [4.78, 5) is 24.5. The third kappa shape index (κ3) is 2.93. The standard InChI is InChI=1S/C12H14BrN3O3/c1-8-7-15(6-5-14-8)12(17)9-3-2-4-10(11(9)13)16(18)19/h2-4,8,14H,5-7H2,1H3/t8-/m0/s1. The molecule has 0 bridgehead atoms. The fourth-order valence-electron chi connectivity index (χ4n) is 2.11. The second kappa shape index (κ2) is 5.66. The minimum atomic E-state index is -0.499. The Kier molecular flexibility index (Phi) is 4.16. The molecule has 1 aliphatic heterocycles. The summed E-state index contributed by atoms with van der Waals surface area (Å²) < 4.78 is 0.246.